The summed E-state index contributed by atoms with van der Waals surface area (Å²) >= 11 is 0. The molecule has 27 heavy (non-hydrogen) atoms. The molecule has 0 radical (unpaired) electrons. The second-order valence-electron chi connectivity index (χ2n) is 7.43. The highest BCUT2D eigenvalue weighted by atomic mass is 16.5. The van der Waals surface area contributed by atoms with Crippen LogP contribution in [0, 0.1) is 0 Å². The smallest absolute Gasteiger partial charge is 0.227 e. The summed E-state index contributed by atoms with van der Waals surface area (Å²) in [5.41, 5.74) is 2.48. The Hall–Kier alpha value is -2.38. The van der Waals surface area contributed by atoms with E-state index in [2.05, 4.69) is 63.4 Å². The molecule has 1 aromatic carbocycles. The van der Waals surface area contributed by atoms with Gasteiger partial charge < -0.3 is 24.8 Å². The second-order valence-corrected chi connectivity index (χ2v) is 7.43. The van der Waals surface area contributed by atoms with Crippen LogP contribution in [0.3, 0.4) is 0 Å². The first-order chi connectivity index (χ1) is 13.2. The van der Waals surface area contributed by atoms with Crippen LogP contribution < -0.4 is 15.1 Å². The monoisotopic (exact) mass is 368 g/mol. The number of hydrogen-bond donors (Lipinski definition) is 1. The Kier molecular flexibility index (Phi) is 5.13. The lowest BCUT2D eigenvalue weighted by Gasteiger charge is -2.24. The van der Waals surface area contributed by atoms with Gasteiger partial charge in [-0.05, 0) is 31.8 Å². The SMILES string of the molecule is CO[C@@H]1CN(c2ccnc(N3CCNc4ccccc4C3)n2)C[C@@H]1N(C)C. The van der Waals surface area contributed by atoms with Crippen molar-refractivity contribution in [3.05, 3.63) is 42.1 Å². The molecule has 0 spiro atoms. The third kappa shape index (κ3) is 3.70. The van der Waals surface area contributed by atoms with Crippen LogP contribution in [0.1, 0.15) is 5.56 Å². The predicted octanol–water partition coefficient (Wildman–Crippen LogP) is 1.67. The summed E-state index contributed by atoms with van der Waals surface area (Å²) in [5.74, 6) is 1.75. The fourth-order valence-corrected chi connectivity index (χ4v) is 3.95. The molecule has 2 aliphatic heterocycles. The Morgan fingerprint density at radius 1 is 1.15 bits per heavy atom. The molecule has 3 heterocycles. The lowest BCUT2D eigenvalue weighted by molar-refractivity contribution is 0.0639. The standard InChI is InChI=1S/C20H28N6O/c1-24(2)17-13-26(14-18(17)27-3)19-8-9-22-20(23-19)25-11-10-21-16-7-5-4-6-15(16)12-25/h4-9,17-18,21H,10-14H2,1-3H3/t17-,18+/m0/s1. The van der Waals surface area contributed by atoms with Gasteiger partial charge in [-0.3, -0.25) is 0 Å². The Bertz CT molecular complexity index is 783. The highest BCUT2D eigenvalue weighted by Gasteiger charge is 2.35. The van der Waals surface area contributed by atoms with Gasteiger partial charge in [0.25, 0.3) is 0 Å². The molecule has 0 unspecified atom stereocenters. The van der Waals surface area contributed by atoms with Gasteiger partial charge >= 0.3 is 0 Å². The van der Waals surface area contributed by atoms with Crippen molar-refractivity contribution in [2.24, 2.45) is 0 Å². The van der Waals surface area contributed by atoms with Gasteiger partial charge in [-0.15, -0.1) is 0 Å². The molecule has 1 saturated heterocycles. The lowest BCUT2D eigenvalue weighted by Crippen LogP contribution is -2.39. The average Bonchev–Trinajstić information content (AvgIpc) is 3.02. The maximum atomic E-state index is 5.69. The summed E-state index contributed by atoms with van der Waals surface area (Å²) in [4.78, 5) is 16.2. The van der Waals surface area contributed by atoms with Crippen molar-refractivity contribution in [3.8, 4) is 0 Å². The molecule has 1 N–H and O–H groups in total. The number of anilines is 3. The highest BCUT2D eigenvalue weighted by molar-refractivity contribution is 5.55. The van der Waals surface area contributed by atoms with E-state index in [9.17, 15) is 0 Å². The first kappa shape index (κ1) is 18.0. The number of ether oxygens (including phenoxy) is 1. The van der Waals surface area contributed by atoms with Crippen molar-refractivity contribution < 1.29 is 4.74 Å². The average molecular weight is 368 g/mol. The quantitative estimate of drug-likeness (QED) is 0.881. The van der Waals surface area contributed by atoms with E-state index in [1.54, 1.807) is 7.11 Å². The van der Waals surface area contributed by atoms with E-state index in [1.807, 2.05) is 12.3 Å². The van der Waals surface area contributed by atoms with E-state index in [1.165, 1.54) is 11.3 Å². The van der Waals surface area contributed by atoms with Gasteiger partial charge in [0.15, 0.2) is 0 Å². The number of benzene rings is 1. The lowest BCUT2D eigenvalue weighted by atomic mass is 10.2. The number of rotatable bonds is 4. The van der Waals surface area contributed by atoms with E-state index >= 15 is 0 Å². The third-order valence-electron chi connectivity index (χ3n) is 5.51. The van der Waals surface area contributed by atoms with Crippen LogP contribution in [0.15, 0.2) is 36.5 Å². The summed E-state index contributed by atoms with van der Waals surface area (Å²) in [7, 11) is 6.00. The normalized spacial score (nSPS) is 22.5. The molecule has 1 fully saturated rings. The van der Waals surface area contributed by atoms with Gasteiger partial charge in [0.05, 0.1) is 12.1 Å². The van der Waals surface area contributed by atoms with Crippen molar-refractivity contribution >= 4 is 17.5 Å². The van der Waals surface area contributed by atoms with E-state index in [-0.39, 0.29) is 6.10 Å². The molecule has 2 aliphatic rings. The maximum absolute atomic E-state index is 5.69. The third-order valence-corrected chi connectivity index (χ3v) is 5.51. The Balaban J connectivity index is 1.55. The zero-order chi connectivity index (χ0) is 18.8. The van der Waals surface area contributed by atoms with Crippen molar-refractivity contribution in [1.29, 1.82) is 0 Å². The molecule has 144 valence electrons. The van der Waals surface area contributed by atoms with Crippen LogP contribution >= 0.6 is 0 Å². The summed E-state index contributed by atoms with van der Waals surface area (Å²) in [5, 5.41) is 3.50. The van der Waals surface area contributed by atoms with Gasteiger partial charge in [-0.2, -0.15) is 4.98 Å². The molecule has 4 rings (SSSR count). The Morgan fingerprint density at radius 3 is 2.78 bits per heavy atom. The highest BCUT2D eigenvalue weighted by Crippen LogP contribution is 2.26. The number of aromatic nitrogens is 2. The van der Waals surface area contributed by atoms with Crippen molar-refractivity contribution in [1.82, 2.24) is 14.9 Å². The fourth-order valence-electron chi connectivity index (χ4n) is 3.95. The van der Waals surface area contributed by atoms with Crippen molar-refractivity contribution in [2.45, 2.75) is 18.7 Å². The zero-order valence-corrected chi connectivity index (χ0v) is 16.3. The second kappa shape index (κ2) is 7.70. The Labute approximate surface area is 161 Å². The molecule has 0 saturated carbocycles. The molecule has 7 heteroatoms. The van der Waals surface area contributed by atoms with E-state index in [4.69, 9.17) is 9.72 Å². The largest absolute Gasteiger partial charge is 0.383 e. The van der Waals surface area contributed by atoms with Crippen LogP contribution in [0.4, 0.5) is 17.5 Å². The number of likely N-dealkylation sites (N-methyl/N-ethyl adjacent to an activating group) is 1. The number of fused-ring (bicyclic) bond motifs is 1. The number of para-hydroxylation sites is 1. The molecule has 7 nitrogen and oxygen atoms in total. The molecule has 0 aliphatic carbocycles. The zero-order valence-electron chi connectivity index (χ0n) is 16.3. The van der Waals surface area contributed by atoms with Gasteiger partial charge in [-0.1, -0.05) is 18.2 Å². The molecule has 2 atom stereocenters. The summed E-state index contributed by atoms with van der Waals surface area (Å²) < 4.78 is 5.69. The van der Waals surface area contributed by atoms with Crippen LogP contribution in [0.25, 0.3) is 0 Å². The van der Waals surface area contributed by atoms with E-state index in [0.717, 1.165) is 44.5 Å². The molecule has 0 amide bonds. The first-order valence-corrected chi connectivity index (χ1v) is 9.49. The van der Waals surface area contributed by atoms with Crippen LogP contribution in [-0.4, -0.2) is 74.4 Å². The summed E-state index contributed by atoms with van der Waals surface area (Å²) in [6, 6.07) is 10.8. The maximum Gasteiger partial charge on any atom is 0.227 e. The minimum absolute atomic E-state index is 0.188. The first-order valence-electron chi connectivity index (χ1n) is 9.49. The van der Waals surface area contributed by atoms with Crippen molar-refractivity contribution in [2.75, 3.05) is 62.5 Å². The minimum Gasteiger partial charge on any atom is -0.383 e. The van der Waals surface area contributed by atoms with Gasteiger partial charge in [0, 0.05) is 51.7 Å². The van der Waals surface area contributed by atoms with Gasteiger partial charge in [0.1, 0.15) is 5.82 Å². The van der Waals surface area contributed by atoms with Crippen molar-refractivity contribution in [3.63, 3.8) is 0 Å². The van der Waals surface area contributed by atoms with Gasteiger partial charge in [-0.25, -0.2) is 4.98 Å². The molecule has 1 aromatic heterocycles. The summed E-state index contributed by atoms with van der Waals surface area (Å²) in [6.45, 7) is 4.32. The molecular formula is C20H28N6O. The molecule has 0 bridgehead atoms. The Morgan fingerprint density at radius 2 is 2.00 bits per heavy atom. The fraction of sp³-hybridized carbons (Fsp3) is 0.500. The molecule has 2 aromatic rings. The predicted molar refractivity (Wildman–Crippen MR) is 108 cm³/mol. The number of methoxy groups -OCH3 is 1. The molecular weight excluding hydrogens is 340 g/mol. The van der Waals surface area contributed by atoms with Gasteiger partial charge in [0.2, 0.25) is 5.95 Å². The number of nitrogens with one attached hydrogen (secondary N) is 1. The number of nitrogens with zero attached hydrogens (tertiary/aromatic N) is 5. The van der Waals surface area contributed by atoms with E-state index in [0.29, 0.717) is 6.04 Å². The number of hydrogen-bond acceptors (Lipinski definition) is 7. The van der Waals surface area contributed by atoms with Crippen LogP contribution in [-0.2, 0) is 11.3 Å². The minimum atomic E-state index is 0.188. The van der Waals surface area contributed by atoms with Crippen LogP contribution in [0.5, 0.6) is 0 Å². The topological polar surface area (TPSA) is 56.8 Å². The van der Waals surface area contributed by atoms with Crippen LogP contribution in [0.2, 0.25) is 0 Å². The summed E-state index contributed by atoms with van der Waals surface area (Å²) in [6.07, 6.45) is 2.06. The van der Waals surface area contributed by atoms with E-state index < -0.39 is 0 Å².